The Balaban J connectivity index is 1.75. The lowest BCUT2D eigenvalue weighted by molar-refractivity contribution is -0.137. The second-order valence-corrected chi connectivity index (χ2v) is 8.60. The fraction of sp³-hybridized carbons (Fsp3) is 0.0556. The molecule has 3 rings (SSSR count). The van der Waals surface area contributed by atoms with E-state index in [2.05, 4.69) is 15.4 Å². The smallest absolute Gasteiger partial charge is 0.308 e. The Kier molecular flexibility index (Phi) is 5.80. The molecule has 2 aromatic carbocycles. The zero-order chi connectivity index (χ0) is 21.1. The van der Waals surface area contributed by atoms with Gasteiger partial charge in [-0.2, -0.15) is 13.2 Å². The van der Waals surface area contributed by atoms with Crippen LogP contribution in [0, 0.1) is 0 Å². The van der Waals surface area contributed by atoms with Crippen LogP contribution in [0.1, 0.15) is 5.56 Å². The van der Waals surface area contributed by atoms with Crippen molar-refractivity contribution in [3.8, 4) is 0 Å². The van der Waals surface area contributed by atoms with Gasteiger partial charge >= 0.3 is 12.2 Å². The molecule has 0 radical (unpaired) electrons. The predicted octanol–water partition coefficient (Wildman–Crippen LogP) is 5.21. The molecule has 3 N–H and O–H groups in total. The van der Waals surface area contributed by atoms with Crippen molar-refractivity contribution in [2.75, 3.05) is 15.4 Å². The molecule has 3 aromatic rings. The minimum Gasteiger partial charge on any atom is -0.308 e. The first-order valence-electron chi connectivity index (χ1n) is 8.06. The molecule has 0 fully saturated rings. The van der Waals surface area contributed by atoms with Gasteiger partial charge in [-0.25, -0.2) is 13.2 Å². The zero-order valence-electron chi connectivity index (χ0n) is 14.5. The lowest BCUT2D eigenvalue weighted by Gasteiger charge is -2.14. The average Bonchev–Trinajstić information content (AvgIpc) is 3.18. The number of halogens is 3. The summed E-state index contributed by atoms with van der Waals surface area (Å²) >= 11 is 1.03. The van der Waals surface area contributed by atoms with Crippen molar-refractivity contribution < 1.29 is 26.4 Å². The van der Waals surface area contributed by atoms with Crippen LogP contribution < -0.4 is 15.4 Å². The van der Waals surface area contributed by atoms with Gasteiger partial charge in [-0.3, -0.25) is 4.72 Å². The summed E-state index contributed by atoms with van der Waals surface area (Å²) in [5.41, 5.74) is -0.717. The van der Waals surface area contributed by atoms with Gasteiger partial charge in [0, 0.05) is 5.69 Å². The van der Waals surface area contributed by atoms with Gasteiger partial charge in [0.25, 0.3) is 10.0 Å². The van der Waals surface area contributed by atoms with E-state index in [1.165, 1.54) is 30.3 Å². The van der Waals surface area contributed by atoms with E-state index in [0.29, 0.717) is 0 Å². The van der Waals surface area contributed by atoms with E-state index in [-0.39, 0.29) is 21.3 Å². The number of benzene rings is 2. The van der Waals surface area contributed by atoms with Crippen LogP contribution in [0.2, 0.25) is 0 Å². The van der Waals surface area contributed by atoms with Crippen molar-refractivity contribution >= 4 is 44.5 Å². The molecule has 0 atom stereocenters. The number of nitrogens with one attached hydrogen (secondary N) is 3. The zero-order valence-corrected chi connectivity index (χ0v) is 16.2. The van der Waals surface area contributed by atoms with Gasteiger partial charge in [-0.1, -0.05) is 24.3 Å². The number of urea groups is 1. The van der Waals surface area contributed by atoms with Crippen molar-refractivity contribution in [3.63, 3.8) is 0 Å². The summed E-state index contributed by atoms with van der Waals surface area (Å²) in [7, 11) is -3.84. The van der Waals surface area contributed by atoms with E-state index in [0.717, 1.165) is 23.5 Å². The summed E-state index contributed by atoms with van der Waals surface area (Å²) < 4.78 is 65.6. The molecule has 152 valence electrons. The first-order chi connectivity index (χ1) is 13.6. The van der Waals surface area contributed by atoms with Crippen LogP contribution in [-0.2, 0) is 16.2 Å². The van der Waals surface area contributed by atoms with Gasteiger partial charge < -0.3 is 10.6 Å². The third-order valence-corrected chi connectivity index (χ3v) is 6.39. The maximum Gasteiger partial charge on any atom is 0.416 e. The van der Waals surface area contributed by atoms with E-state index in [1.54, 1.807) is 23.6 Å². The molecule has 0 aliphatic rings. The van der Waals surface area contributed by atoms with Crippen LogP contribution in [0.25, 0.3) is 0 Å². The molecular formula is C18H14F3N3O3S2. The number of amides is 2. The topological polar surface area (TPSA) is 87.3 Å². The molecule has 0 aliphatic carbocycles. The summed E-state index contributed by atoms with van der Waals surface area (Å²) in [4.78, 5) is 12.2. The fourth-order valence-electron chi connectivity index (χ4n) is 2.35. The molecule has 0 saturated heterocycles. The highest BCUT2D eigenvalue weighted by Crippen LogP contribution is 2.31. The van der Waals surface area contributed by atoms with Crippen LogP contribution in [-0.4, -0.2) is 14.4 Å². The molecule has 0 spiro atoms. The highest BCUT2D eigenvalue weighted by molar-refractivity contribution is 7.94. The van der Waals surface area contributed by atoms with Gasteiger partial charge in [-0.15, -0.1) is 11.3 Å². The Morgan fingerprint density at radius 2 is 1.62 bits per heavy atom. The molecule has 0 aliphatic heterocycles. The van der Waals surface area contributed by atoms with Crippen LogP contribution in [0.3, 0.4) is 0 Å². The third kappa shape index (κ3) is 5.27. The van der Waals surface area contributed by atoms with Crippen LogP contribution in [0.4, 0.5) is 35.0 Å². The highest BCUT2D eigenvalue weighted by Gasteiger charge is 2.30. The van der Waals surface area contributed by atoms with E-state index in [9.17, 15) is 26.4 Å². The first kappa shape index (κ1) is 20.7. The number of rotatable bonds is 5. The van der Waals surface area contributed by atoms with Crippen LogP contribution in [0.15, 0.2) is 70.3 Å². The standard InChI is InChI=1S/C18H14F3N3O3S2/c19-18(20,21)12-5-3-6-13(11-12)22-17(25)23-14-7-1-2-8-15(14)24-29(26,27)16-9-4-10-28-16/h1-11,24H,(H2,22,23,25). The summed E-state index contributed by atoms with van der Waals surface area (Å²) in [6, 6.07) is 12.4. The van der Waals surface area contributed by atoms with Crippen molar-refractivity contribution in [2.45, 2.75) is 10.4 Å². The van der Waals surface area contributed by atoms with Gasteiger partial charge in [0.1, 0.15) is 4.21 Å². The molecule has 1 aromatic heterocycles. The number of hydrogen-bond acceptors (Lipinski definition) is 4. The molecule has 2 amide bonds. The molecular weight excluding hydrogens is 427 g/mol. The highest BCUT2D eigenvalue weighted by atomic mass is 32.2. The van der Waals surface area contributed by atoms with Crippen LogP contribution in [0.5, 0.6) is 0 Å². The lowest BCUT2D eigenvalue weighted by Crippen LogP contribution is -2.21. The largest absolute Gasteiger partial charge is 0.416 e. The Labute approximate surface area is 168 Å². The van der Waals surface area contributed by atoms with E-state index < -0.39 is 27.8 Å². The second-order valence-electron chi connectivity index (χ2n) is 5.74. The van der Waals surface area contributed by atoms with E-state index in [1.807, 2.05) is 0 Å². The Morgan fingerprint density at radius 1 is 0.897 bits per heavy atom. The minimum atomic E-state index is -4.54. The van der Waals surface area contributed by atoms with Crippen molar-refractivity contribution in [1.29, 1.82) is 0 Å². The number of sulfonamides is 1. The molecule has 0 unspecified atom stereocenters. The first-order valence-corrected chi connectivity index (χ1v) is 10.4. The lowest BCUT2D eigenvalue weighted by atomic mass is 10.2. The molecule has 0 saturated carbocycles. The predicted molar refractivity (Wildman–Crippen MR) is 106 cm³/mol. The number of anilines is 3. The maximum atomic E-state index is 12.8. The van der Waals surface area contributed by atoms with Gasteiger partial charge in [-0.05, 0) is 41.8 Å². The summed E-state index contributed by atoms with van der Waals surface area (Å²) in [6.07, 6.45) is -4.54. The van der Waals surface area contributed by atoms with Crippen LogP contribution >= 0.6 is 11.3 Å². The SMILES string of the molecule is O=C(Nc1cccc(C(F)(F)F)c1)Nc1ccccc1NS(=O)(=O)c1cccs1. The summed E-state index contributed by atoms with van der Waals surface area (Å²) in [5, 5.41) is 6.34. The fourth-order valence-corrected chi connectivity index (χ4v) is 4.42. The Bertz CT molecular complexity index is 1110. The van der Waals surface area contributed by atoms with E-state index in [4.69, 9.17) is 0 Å². The number of alkyl halides is 3. The molecule has 6 nitrogen and oxygen atoms in total. The van der Waals surface area contributed by atoms with Crippen molar-refractivity contribution in [1.82, 2.24) is 0 Å². The molecule has 1 heterocycles. The molecule has 11 heteroatoms. The van der Waals surface area contributed by atoms with E-state index >= 15 is 0 Å². The normalized spacial score (nSPS) is 11.7. The quantitative estimate of drug-likeness (QED) is 0.508. The summed E-state index contributed by atoms with van der Waals surface area (Å²) in [6.45, 7) is 0. The maximum absolute atomic E-state index is 12.8. The average molecular weight is 441 g/mol. The number of carbonyl (C=O) groups excluding carboxylic acids is 1. The second kappa shape index (κ2) is 8.13. The van der Waals surface area contributed by atoms with Crippen molar-refractivity contribution in [3.05, 3.63) is 71.6 Å². The number of hydrogen-bond donors (Lipinski definition) is 3. The minimum absolute atomic E-state index is 0.0611. The number of para-hydroxylation sites is 2. The number of thiophene rings is 1. The molecule has 29 heavy (non-hydrogen) atoms. The number of carbonyl (C=O) groups is 1. The monoisotopic (exact) mass is 441 g/mol. The Hall–Kier alpha value is -3.05. The van der Waals surface area contributed by atoms with Crippen molar-refractivity contribution in [2.24, 2.45) is 0 Å². The van der Waals surface area contributed by atoms with Gasteiger partial charge in [0.15, 0.2) is 0 Å². The molecule has 0 bridgehead atoms. The van der Waals surface area contributed by atoms with Gasteiger partial charge in [0.05, 0.1) is 16.9 Å². The third-order valence-electron chi connectivity index (χ3n) is 3.63. The summed E-state index contributed by atoms with van der Waals surface area (Å²) in [5.74, 6) is 0. The Morgan fingerprint density at radius 3 is 2.28 bits per heavy atom. The van der Waals surface area contributed by atoms with Gasteiger partial charge in [0.2, 0.25) is 0 Å².